The van der Waals surface area contributed by atoms with Crippen LogP contribution in [-0.4, -0.2) is 29.4 Å². The third kappa shape index (κ3) is 5.16. The molecule has 0 spiro atoms. The Bertz CT molecular complexity index is 424. The van der Waals surface area contributed by atoms with Crippen LogP contribution in [0.5, 0.6) is 0 Å². The van der Waals surface area contributed by atoms with Crippen LogP contribution in [0.15, 0.2) is 33.6 Å². The average molecular weight is 344 g/mol. The van der Waals surface area contributed by atoms with Gasteiger partial charge in [-0.05, 0) is 49.4 Å². The van der Waals surface area contributed by atoms with Crippen LogP contribution in [-0.2, 0) is 4.79 Å². The number of thioether (sulfide) groups is 1. The van der Waals surface area contributed by atoms with E-state index in [4.69, 9.17) is 0 Å². The Hall–Kier alpha value is -0.520. The van der Waals surface area contributed by atoms with Crippen molar-refractivity contribution in [1.29, 1.82) is 0 Å². The largest absolute Gasteiger partial charge is 0.393 e. The van der Waals surface area contributed by atoms with Crippen LogP contribution in [0.2, 0.25) is 0 Å². The number of carbonyl (C=O) groups is 1. The van der Waals surface area contributed by atoms with Crippen molar-refractivity contribution in [2.24, 2.45) is 5.92 Å². The van der Waals surface area contributed by atoms with Crippen molar-refractivity contribution in [2.75, 3.05) is 12.3 Å². The van der Waals surface area contributed by atoms with Crippen molar-refractivity contribution >= 4 is 33.6 Å². The molecular weight excluding hydrogens is 326 g/mol. The first-order valence-electron chi connectivity index (χ1n) is 6.46. The van der Waals surface area contributed by atoms with Crippen LogP contribution in [0.4, 0.5) is 0 Å². The molecule has 0 saturated heterocycles. The van der Waals surface area contributed by atoms with Gasteiger partial charge in [0.25, 0.3) is 0 Å². The lowest BCUT2D eigenvalue weighted by Crippen LogP contribution is -2.30. The summed E-state index contributed by atoms with van der Waals surface area (Å²) in [5, 5.41) is 12.4. The van der Waals surface area contributed by atoms with Crippen molar-refractivity contribution in [3.05, 3.63) is 28.7 Å². The minimum atomic E-state index is -0.168. The molecule has 19 heavy (non-hydrogen) atoms. The van der Waals surface area contributed by atoms with Gasteiger partial charge in [-0.15, -0.1) is 11.8 Å². The highest BCUT2D eigenvalue weighted by Crippen LogP contribution is 2.24. The molecule has 2 N–H and O–H groups in total. The Morgan fingerprint density at radius 3 is 2.74 bits per heavy atom. The summed E-state index contributed by atoms with van der Waals surface area (Å²) >= 11 is 4.92. The zero-order valence-electron chi connectivity index (χ0n) is 10.6. The van der Waals surface area contributed by atoms with Gasteiger partial charge in [0, 0.05) is 15.9 Å². The predicted molar refractivity (Wildman–Crippen MR) is 81.2 cm³/mol. The predicted octanol–water partition coefficient (Wildman–Crippen LogP) is 2.82. The number of hydrogen-bond acceptors (Lipinski definition) is 3. The van der Waals surface area contributed by atoms with Gasteiger partial charge >= 0.3 is 0 Å². The lowest BCUT2D eigenvalue weighted by atomic mass is 10.1. The Kier molecular flexibility index (Phi) is 5.73. The third-order valence-electron chi connectivity index (χ3n) is 3.29. The van der Waals surface area contributed by atoms with E-state index >= 15 is 0 Å². The summed E-state index contributed by atoms with van der Waals surface area (Å²) < 4.78 is 1.04. The number of rotatable bonds is 5. The Labute approximate surface area is 126 Å². The van der Waals surface area contributed by atoms with Crippen LogP contribution in [0, 0.1) is 5.92 Å². The Morgan fingerprint density at radius 1 is 1.37 bits per heavy atom. The van der Waals surface area contributed by atoms with Crippen LogP contribution in [0.25, 0.3) is 0 Å². The number of carbonyl (C=O) groups excluding carboxylic acids is 1. The number of benzene rings is 1. The molecule has 1 aliphatic carbocycles. The van der Waals surface area contributed by atoms with E-state index in [0.29, 0.717) is 18.2 Å². The van der Waals surface area contributed by atoms with Crippen molar-refractivity contribution < 1.29 is 9.90 Å². The zero-order chi connectivity index (χ0) is 13.7. The number of aliphatic hydroxyl groups is 1. The molecule has 1 aliphatic rings. The molecular formula is C14H18BrNO2S. The summed E-state index contributed by atoms with van der Waals surface area (Å²) in [6.45, 7) is 0.691. The smallest absolute Gasteiger partial charge is 0.230 e. The highest BCUT2D eigenvalue weighted by molar-refractivity contribution is 9.10. The summed E-state index contributed by atoms with van der Waals surface area (Å²) in [5.74, 6) is 0.947. The highest BCUT2D eigenvalue weighted by Gasteiger charge is 2.22. The van der Waals surface area contributed by atoms with Gasteiger partial charge in [-0.3, -0.25) is 4.79 Å². The van der Waals surface area contributed by atoms with Crippen LogP contribution in [0.1, 0.15) is 19.3 Å². The monoisotopic (exact) mass is 343 g/mol. The van der Waals surface area contributed by atoms with Crippen molar-refractivity contribution in [1.82, 2.24) is 5.32 Å². The Balaban J connectivity index is 1.65. The fourth-order valence-electron chi connectivity index (χ4n) is 2.22. The van der Waals surface area contributed by atoms with Crippen molar-refractivity contribution in [3.63, 3.8) is 0 Å². The van der Waals surface area contributed by atoms with Gasteiger partial charge in [0.2, 0.25) is 5.91 Å². The maximum Gasteiger partial charge on any atom is 0.230 e. The van der Waals surface area contributed by atoms with E-state index in [9.17, 15) is 9.90 Å². The minimum absolute atomic E-state index is 0.0642. The first-order chi connectivity index (χ1) is 9.13. The molecule has 2 rings (SSSR count). The van der Waals surface area contributed by atoms with E-state index < -0.39 is 0 Å². The van der Waals surface area contributed by atoms with Gasteiger partial charge < -0.3 is 10.4 Å². The lowest BCUT2D eigenvalue weighted by Gasteiger charge is -2.10. The number of halogens is 1. The maximum absolute atomic E-state index is 11.7. The normalized spacial score (nSPS) is 22.4. The molecule has 5 heteroatoms. The summed E-state index contributed by atoms with van der Waals surface area (Å²) in [5.41, 5.74) is 0. The second kappa shape index (κ2) is 7.31. The third-order valence-corrected chi connectivity index (χ3v) is 4.83. The van der Waals surface area contributed by atoms with Crippen molar-refractivity contribution in [2.45, 2.75) is 30.3 Å². The second-order valence-electron chi connectivity index (χ2n) is 4.88. The molecule has 1 amide bonds. The lowest BCUT2D eigenvalue weighted by molar-refractivity contribution is -0.118. The molecule has 2 atom stereocenters. The first kappa shape index (κ1) is 14.9. The molecule has 1 aromatic rings. The molecule has 1 fully saturated rings. The molecule has 0 heterocycles. The maximum atomic E-state index is 11.7. The number of hydrogen-bond donors (Lipinski definition) is 2. The number of amides is 1. The summed E-state index contributed by atoms with van der Waals surface area (Å²) in [6, 6.07) is 7.94. The quantitative estimate of drug-likeness (QED) is 0.808. The van der Waals surface area contributed by atoms with Crippen LogP contribution < -0.4 is 5.32 Å². The summed E-state index contributed by atoms with van der Waals surface area (Å²) in [4.78, 5) is 12.8. The van der Waals surface area contributed by atoms with Gasteiger partial charge in [-0.1, -0.05) is 15.9 Å². The molecule has 0 radical (unpaired) electrons. The fourth-order valence-corrected chi connectivity index (χ4v) is 3.22. The van der Waals surface area contributed by atoms with Gasteiger partial charge in [-0.25, -0.2) is 0 Å². The SMILES string of the molecule is O=C(CSc1ccc(Br)cc1)NCC1CCC(O)C1. The van der Waals surface area contributed by atoms with E-state index in [0.717, 1.165) is 28.6 Å². The second-order valence-corrected chi connectivity index (χ2v) is 6.84. The standard InChI is InChI=1S/C14H18BrNO2S/c15-11-2-5-13(6-3-11)19-9-14(18)16-8-10-1-4-12(17)7-10/h2-3,5-6,10,12,17H,1,4,7-9H2,(H,16,18). The molecule has 1 saturated carbocycles. The molecule has 104 valence electrons. The molecule has 2 unspecified atom stereocenters. The van der Waals surface area contributed by atoms with E-state index in [1.165, 1.54) is 11.8 Å². The van der Waals surface area contributed by atoms with E-state index in [2.05, 4.69) is 21.2 Å². The molecule has 1 aromatic carbocycles. The molecule has 0 bridgehead atoms. The topological polar surface area (TPSA) is 49.3 Å². The van der Waals surface area contributed by atoms with E-state index in [1.54, 1.807) is 0 Å². The van der Waals surface area contributed by atoms with Crippen LogP contribution in [0.3, 0.4) is 0 Å². The molecule has 0 aromatic heterocycles. The summed E-state index contributed by atoms with van der Waals surface area (Å²) in [7, 11) is 0. The van der Waals surface area contributed by atoms with Gasteiger partial charge in [0.15, 0.2) is 0 Å². The molecule has 0 aliphatic heterocycles. The zero-order valence-corrected chi connectivity index (χ0v) is 13.0. The fraction of sp³-hybridized carbons (Fsp3) is 0.500. The first-order valence-corrected chi connectivity index (χ1v) is 8.24. The van der Waals surface area contributed by atoms with Gasteiger partial charge in [0.1, 0.15) is 0 Å². The highest BCUT2D eigenvalue weighted by atomic mass is 79.9. The Morgan fingerprint density at radius 2 is 2.11 bits per heavy atom. The number of aliphatic hydroxyl groups excluding tert-OH is 1. The van der Waals surface area contributed by atoms with E-state index in [1.807, 2.05) is 24.3 Å². The van der Waals surface area contributed by atoms with Gasteiger partial charge in [-0.2, -0.15) is 0 Å². The number of nitrogens with one attached hydrogen (secondary N) is 1. The average Bonchev–Trinajstić information content (AvgIpc) is 2.81. The van der Waals surface area contributed by atoms with Crippen LogP contribution >= 0.6 is 27.7 Å². The van der Waals surface area contributed by atoms with Crippen molar-refractivity contribution in [3.8, 4) is 0 Å². The summed E-state index contributed by atoms with van der Waals surface area (Å²) in [6.07, 6.45) is 2.54. The van der Waals surface area contributed by atoms with E-state index in [-0.39, 0.29) is 12.0 Å². The molecule has 3 nitrogen and oxygen atoms in total. The minimum Gasteiger partial charge on any atom is -0.393 e. The van der Waals surface area contributed by atoms with Gasteiger partial charge in [0.05, 0.1) is 11.9 Å².